The Hall–Kier alpha value is -3.46. The first-order valence-corrected chi connectivity index (χ1v) is 11.1. The van der Waals surface area contributed by atoms with Gasteiger partial charge in [0.05, 0.1) is 23.8 Å². The van der Waals surface area contributed by atoms with E-state index in [0.29, 0.717) is 24.2 Å². The summed E-state index contributed by atoms with van der Waals surface area (Å²) in [6, 6.07) is 9.24. The summed E-state index contributed by atoms with van der Waals surface area (Å²) in [5, 5.41) is 17.7. The van der Waals surface area contributed by atoms with Crippen LogP contribution in [0.4, 0.5) is 14.9 Å². The van der Waals surface area contributed by atoms with Crippen molar-refractivity contribution in [1.29, 1.82) is 0 Å². The smallest absolute Gasteiger partial charge is 0.335 e. The van der Waals surface area contributed by atoms with Crippen molar-refractivity contribution in [3.63, 3.8) is 0 Å². The lowest BCUT2D eigenvalue weighted by Crippen LogP contribution is -2.59. The molecule has 9 heteroatoms. The van der Waals surface area contributed by atoms with E-state index >= 15 is 0 Å². The number of carboxylic acids is 1. The molecule has 2 aliphatic rings. The van der Waals surface area contributed by atoms with Crippen LogP contribution in [0.15, 0.2) is 42.6 Å². The van der Waals surface area contributed by atoms with E-state index in [1.54, 1.807) is 15.8 Å². The Balaban J connectivity index is 1.46. The van der Waals surface area contributed by atoms with Crippen LogP contribution in [-0.4, -0.2) is 58.0 Å². The van der Waals surface area contributed by atoms with Gasteiger partial charge in [0.15, 0.2) is 0 Å². The van der Waals surface area contributed by atoms with Crippen molar-refractivity contribution in [2.75, 3.05) is 31.1 Å². The average molecular weight is 452 g/mol. The maximum Gasteiger partial charge on any atom is 0.335 e. The van der Waals surface area contributed by atoms with E-state index in [9.17, 15) is 14.0 Å². The lowest BCUT2D eigenvalue weighted by Gasteiger charge is -2.48. The lowest BCUT2D eigenvalue weighted by atomic mass is 9.73. The van der Waals surface area contributed by atoms with E-state index < -0.39 is 11.8 Å². The number of carbonyl (C=O) groups is 2. The molecule has 2 saturated heterocycles. The number of likely N-dealkylation sites (tertiary alicyclic amines) is 1. The summed E-state index contributed by atoms with van der Waals surface area (Å²) in [4.78, 5) is 28.3. The Kier molecular flexibility index (Phi) is 5.28. The monoisotopic (exact) mass is 451 g/mol. The molecule has 2 N–H and O–H groups in total. The molecule has 2 fully saturated rings. The Morgan fingerprint density at radius 3 is 2.58 bits per heavy atom. The minimum absolute atomic E-state index is 0.00285. The molecule has 0 bridgehead atoms. The molecule has 2 aliphatic heterocycles. The fourth-order valence-electron chi connectivity index (χ4n) is 4.72. The molecule has 0 atom stereocenters. The number of aryl methyl sites for hydroxylation is 1. The molecule has 5 rings (SSSR count). The third-order valence-electron chi connectivity index (χ3n) is 7.00. The van der Waals surface area contributed by atoms with Gasteiger partial charge in [-0.25, -0.2) is 14.0 Å². The van der Waals surface area contributed by atoms with Crippen molar-refractivity contribution in [2.24, 2.45) is 12.5 Å². The zero-order valence-corrected chi connectivity index (χ0v) is 18.4. The highest BCUT2D eigenvalue weighted by atomic mass is 19.1. The highest BCUT2D eigenvalue weighted by molar-refractivity contribution is 5.95. The zero-order valence-electron chi connectivity index (χ0n) is 18.4. The second-order valence-electron chi connectivity index (χ2n) is 9.08. The van der Waals surface area contributed by atoms with Crippen molar-refractivity contribution >= 4 is 28.6 Å². The largest absolute Gasteiger partial charge is 0.478 e. The van der Waals surface area contributed by atoms with Crippen LogP contribution in [-0.2, 0) is 13.6 Å². The van der Waals surface area contributed by atoms with E-state index in [1.807, 2.05) is 30.1 Å². The van der Waals surface area contributed by atoms with Gasteiger partial charge >= 0.3 is 12.0 Å². The fraction of sp³-hybridized carbons (Fsp3) is 0.375. The van der Waals surface area contributed by atoms with Gasteiger partial charge in [0, 0.05) is 49.9 Å². The molecule has 8 nitrogen and oxygen atoms in total. The Bertz CT molecular complexity index is 1230. The molecule has 33 heavy (non-hydrogen) atoms. The van der Waals surface area contributed by atoms with Gasteiger partial charge in [-0.1, -0.05) is 6.07 Å². The van der Waals surface area contributed by atoms with E-state index in [2.05, 4.69) is 10.4 Å². The number of halogens is 1. The van der Waals surface area contributed by atoms with Crippen molar-refractivity contribution < 1.29 is 19.1 Å². The normalized spacial score (nSPS) is 17.2. The molecule has 1 aromatic heterocycles. The minimum Gasteiger partial charge on any atom is -0.478 e. The number of urea groups is 1. The molecule has 2 amide bonds. The van der Waals surface area contributed by atoms with Gasteiger partial charge in [0.25, 0.3) is 0 Å². The Morgan fingerprint density at radius 1 is 1.18 bits per heavy atom. The first-order valence-electron chi connectivity index (χ1n) is 11.1. The van der Waals surface area contributed by atoms with Crippen LogP contribution < -0.4 is 10.2 Å². The number of rotatable bonds is 4. The van der Waals surface area contributed by atoms with Crippen molar-refractivity contribution in [2.45, 2.75) is 19.4 Å². The lowest BCUT2D eigenvalue weighted by molar-refractivity contribution is 0.0693. The SMILES string of the molecule is Cn1ncc2ccc(N(Cc3ccc(C(=O)O)cc3F)C(=O)N3CCC4(CC3)CNC4)cc21. The molecular formula is C24H26FN5O3. The molecule has 0 aliphatic carbocycles. The molecule has 3 aromatic rings. The Morgan fingerprint density at radius 2 is 1.94 bits per heavy atom. The van der Waals surface area contributed by atoms with E-state index in [1.165, 1.54) is 12.1 Å². The number of fused-ring (bicyclic) bond motifs is 1. The summed E-state index contributed by atoms with van der Waals surface area (Å²) in [5.74, 6) is -1.84. The van der Waals surface area contributed by atoms with Gasteiger partial charge in [-0.3, -0.25) is 9.58 Å². The molecule has 172 valence electrons. The van der Waals surface area contributed by atoms with Crippen LogP contribution in [0, 0.1) is 11.2 Å². The number of benzene rings is 2. The van der Waals surface area contributed by atoms with Crippen LogP contribution in [0.2, 0.25) is 0 Å². The summed E-state index contributed by atoms with van der Waals surface area (Å²) in [6.45, 7) is 3.31. The molecule has 0 unspecified atom stereocenters. The van der Waals surface area contributed by atoms with Gasteiger partial charge in [-0.15, -0.1) is 0 Å². The number of nitrogens with zero attached hydrogens (tertiary/aromatic N) is 4. The number of hydrogen-bond donors (Lipinski definition) is 2. The molecule has 2 aromatic carbocycles. The van der Waals surface area contributed by atoms with E-state index in [4.69, 9.17) is 5.11 Å². The quantitative estimate of drug-likeness (QED) is 0.636. The molecule has 0 saturated carbocycles. The van der Waals surface area contributed by atoms with E-state index in [-0.39, 0.29) is 23.7 Å². The van der Waals surface area contributed by atoms with Crippen LogP contribution in [0.25, 0.3) is 10.9 Å². The van der Waals surface area contributed by atoms with Crippen LogP contribution >= 0.6 is 0 Å². The number of aromatic nitrogens is 2. The number of piperidine rings is 1. The first kappa shape index (κ1) is 21.4. The summed E-state index contributed by atoms with van der Waals surface area (Å²) in [5.41, 5.74) is 1.94. The topological polar surface area (TPSA) is 90.7 Å². The molecule has 0 radical (unpaired) electrons. The predicted octanol–water partition coefficient (Wildman–Crippen LogP) is 3.22. The standard InChI is InChI=1S/C24H26FN5O3/c1-28-21-11-19(5-4-17(21)12-27-28)30(13-18-3-2-16(22(31)32)10-20(18)25)23(33)29-8-6-24(7-9-29)14-26-15-24/h2-5,10-12,26H,6-9,13-15H2,1H3,(H,31,32). The zero-order chi connectivity index (χ0) is 23.2. The maximum atomic E-state index is 14.8. The first-order chi connectivity index (χ1) is 15.8. The maximum absolute atomic E-state index is 14.8. The summed E-state index contributed by atoms with van der Waals surface area (Å²) in [6.07, 6.45) is 3.65. The second kappa shape index (κ2) is 8.15. The van der Waals surface area contributed by atoms with Crippen molar-refractivity contribution in [3.8, 4) is 0 Å². The number of anilines is 1. The highest BCUT2D eigenvalue weighted by Crippen LogP contribution is 2.36. The van der Waals surface area contributed by atoms with Gasteiger partial charge in [-0.2, -0.15) is 5.10 Å². The number of amides is 2. The number of carboxylic acid groups (broad SMARTS) is 1. The number of aromatic carboxylic acids is 1. The van der Waals surface area contributed by atoms with Gasteiger partial charge in [0.1, 0.15) is 5.82 Å². The average Bonchev–Trinajstić information content (AvgIpc) is 3.17. The predicted molar refractivity (Wildman–Crippen MR) is 122 cm³/mol. The van der Waals surface area contributed by atoms with Gasteiger partial charge in [-0.05, 0) is 48.6 Å². The third kappa shape index (κ3) is 3.93. The molecular weight excluding hydrogens is 425 g/mol. The summed E-state index contributed by atoms with van der Waals surface area (Å²) >= 11 is 0. The highest BCUT2D eigenvalue weighted by Gasteiger charge is 2.41. The third-order valence-corrected chi connectivity index (χ3v) is 7.00. The number of nitrogens with one attached hydrogen (secondary N) is 1. The summed E-state index contributed by atoms with van der Waals surface area (Å²) in [7, 11) is 1.83. The van der Waals surface area contributed by atoms with Crippen molar-refractivity contribution in [1.82, 2.24) is 20.0 Å². The number of hydrogen-bond acceptors (Lipinski definition) is 4. The van der Waals surface area contributed by atoms with Gasteiger partial charge in [0.2, 0.25) is 0 Å². The van der Waals surface area contributed by atoms with Crippen molar-refractivity contribution in [3.05, 3.63) is 59.5 Å². The second-order valence-corrected chi connectivity index (χ2v) is 9.08. The molecule has 1 spiro atoms. The fourth-order valence-corrected chi connectivity index (χ4v) is 4.72. The Labute approximate surface area is 190 Å². The molecule has 3 heterocycles. The summed E-state index contributed by atoms with van der Waals surface area (Å²) < 4.78 is 16.5. The van der Waals surface area contributed by atoms with Gasteiger partial charge < -0.3 is 15.3 Å². The minimum atomic E-state index is -1.19. The van der Waals surface area contributed by atoms with E-state index in [0.717, 1.165) is 42.9 Å². The van der Waals surface area contributed by atoms with Crippen LogP contribution in [0.5, 0.6) is 0 Å². The number of carbonyl (C=O) groups excluding carboxylic acids is 1. The van der Waals surface area contributed by atoms with Crippen LogP contribution in [0.3, 0.4) is 0 Å². The van der Waals surface area contributed by atoms with Crippen LogP contribution in [0.1, 0.15) is 28.8 Å².